The Morgan fingerprint density at radius 3 is 2.89 bits per heavy atom. The molecule has 0 atom stereocenters. The molecule has 18 heavy (non-hydrogen) atoms. The Balaban J connectivity index is 2.18. The van der Waals surface area contributed by atoms with Crippen molar-refractivity contribution in [2.24, 2.45) is 11.0 Å². The monoisotopic (exact) mass is 250 g/mol. The highest BCUT2D eigenvalue weighted by atomic mass is 19.1. The number of hydrogen-bond donors (Lipinski definition) is 2. The van der Waals surface area contributed by atoms with Crippen LogP contribution in [0, 0.1) is 11.7 Å². The maximum atomic E-state index is 13.1. The summed E-state index contributed by atoms with van der Waals surface area (Å²) in [5, 5.41) is 13.6. The fraction of sp³-hybridized carbons (Fsp3) is 0.385. The third-order valence-electron chi connectivity index (χ3n) is 2.85. The number of hydrazone groups is 1. The zero-order valence-corrected chi connectivity index (χ0v) is 10.1. The fourth-order valence-corrected chi connectivity index (χ4v) is 1.63. The van der Waals surface area contributed by atoms with E-state index >= 15 is 0 Å². The largest absolute Gasteiger partial charge is 0.507 e. The molecule has 1 saturated carbocycles. The van der Waals surface area contributed by atoms with Crippen LogP contribution < -0.4 is 5.43 Å². The number of carbonyl (C=O) groups is 1. The molecule has 1 fully saturated rings. The number of aromatic hydroxyl groups is 1. The van der Waals surface area contributed by atoms with Crippen LogP contribution in [0.5, 0.6) is 5.75 Å². The van der Waals surface area contributed by atoms with E-state index in [1.807, 2.05) is 6.92 Å². The molecular weight excluding hydrogens is 235 g/mol. The predicted molar refractivity (Wildman–Crippen MR) is 65.8 cm³/mol. The van der Waals surface area contributed by atoms with E-state index in [1.165, 1.54) is 18.2 Å². The maximum Gasteiger partial charge on any atom is 0.243 e. The zero-order chi connectivity index (χ0) is 13.1. The van der Waals surface area contributed by atoms with Crippen molar-refractivity contribution < 1.29 is 14.3 Å². The quantitative estimate of drug-likeness (QED) is 0.635. The van der Waals surface area contributed by atoms with Crippen molar-refractivity contribution in [1.29, 1.82) is 0 Å². The molecule has 0 unspecified atom stereocenters. The van der Waals surface area contributed by atoms with Gasteiger partial charge in [-0.3, -0.25) is 4.79 Å². The summed E-state index contributed by atoms with van der Waals surface area (Å²) >= 11 is 0. The van der Waals surface area contributed by atoms with Gasteiger partial charge < -0.3 is 5.11 Å². The highest BCUT2D eigenvalue weighted by Crippen LogP contribution is 2.28. The number of benzene rings is 1. The summed E-state index contributed by atoms with van der Waals surface area (Å²) in [6.45, 7) is 1.83. The number of hydrogen-bond acceptors (Lipinski definition) is 3. The Hall–Kier alpha value is -1.91. The number of rotatable bonds is 4. The number of carbonyl (C=O) groups excluding carboxylic acids is 1. The van der Waals surface area contributed by atoms with Crippen molar-refractivity contribution in [3.05, 3.63) is 29.6 Å². The van der Waals surface area contributed by atoms with Gasteiger partial charge in [0.2, 0.25) is 5.91 Å². The second-order valence-corrected chi connectivity index (χ2v) is 4.32. The summed E-state index contributed by atoms with van der Waals surface area (Å²) in [4.78, 5) is 11.5. The molecule has 5 heteroatoms. The van der Waals surface area contributed by atoms with Gasteiger partial charge in [0.25, 0.3) is 0 Å². The molecule has 0 bridgehead atoms. The highest BCUT2D eigenvalue weighted by molar-refractivity contribution is 6.03. The third-order valence-corrected chi connectivity index (χ3v) is 2.85. The van der Waals surface area contributed by atoms with E-state index in [0.29, 0.717) is 17.7 Å². The first-order valence-corrected chi connectivity index (χ1v) is 5.97. The average Bonchev–Trinajstić information content (AvgIpc) is 3.18. The molecule has 1 aliphatic rings. The first-order valence-electron chi connectivity index (χ1n) is 5.97. The summed E-state index contributed by atoms with van der Waals surface area (Å²) in [7, 11) is 0. The van der Waals surface area contributed by atoms with Crippen molar-refractivity contribution >= 4 is 11.6 Å². The van der Waals surface area contributed by atoms with E-state index in [4.69, 9.17) is 0 Å². The zero-order valence-electron chi connectivity index (χ0n) is 10.1. The molecule has 96 valence electrons. The van der Waals surface area contributed by atoms with Crippen LogP contribution in [0.3, 0.4) is 0 Å². The number of amides is 1. The van der Waals surface area contributed by atoms with Crippen LogP contribution in [0.2, 0.25) is 0 Å². The van der Waals surface area contributed by atoms with Crippen molar-refractivity contribution in [3.8, 4) is 5.75 Å². The number of phenols is 1. The smallest absolute Gasteiger partial charge is 0.243 e. The van der Waals surface area contributed by atoms with E-state index in [0.717, 1.165) is 12.8 Å². The van der Waals surface area contributed by atoms with Crippen molar-refractivity contribution in [3.63, 3.8) is 0 Å². The Labute approximate surface area is 105 Å². The molecule has 4 nitrogen and oxygen atoms in total. The molecule has 0 radical (unpaired) electrons. The second-order valence-electron chi connectivity index (χ2n) is 4.32. The third kappa shape index (κ3) is 2.85. The lowest BCUT2D eigenvalue weighted by Crippen LogP contribution is -2.21. The molecule has 1 aliphatic carbocycles. The second kappa shape index (κ2) is 5.16. The Kier molecular flexibility index (Phi) is 3.60. The van der Waals surface area contributed by atoms with Gasteiger partial charge in [0.15, 0.2) is 0 Å². The fourth-order valence-electron chi connectivity index (χ4n) is 1.63. The summed E-state index contributed by atoms with van der Waals surface area (Å²) in [5.74, 6) is -0.542. The van der Waals surface area contributed by atoms with Crippen molar-refractivity contribution in [1.82, 2.24) is 5.43 Å². The molecular formula is C13H15FN2O2. The minimum atomic E-state index is -0.447. The maximum absolute atomic E-state index is 13.1. The van der Waals surface area contributed by atoms with Gasteiger partial charge in [-0.1, -0.05) is 6.92 Å². The first kappa shape index (κ1) is 12.5. The summed E-state index contributed by atoms with van der Waals surface area (Å²) in [6.07, 6.45) is 2.28. The van der Waals surface area contributed by atoms with Crippen LogP contribution in [-0.4, -0.2) is 16.7 Å². The Bertz CT molecular complexity index is 496. The van der Waals surface area contributed by atoms with Crippen molar-refractivity contribution in [2.45, 2.75) is 26.2 Å². The molecule has 0 spiro atoms. The number of nitrogens with zero attached hydrogens (tertiary/aromatic N) is 1. The molecule has 1 aromatic carbocycles. The number of halogens is 1. The molecule has 0 saturated heterocycles. The molecule has 0 heterocycles. The topological polar surface area (TPSA) is 61.7 Å². The van der Waals surface area contributed by atoms with Gasteiger partial charge in [-0.2, -0.15) is 5.10 Å². The van der Waals surface area contributed by atoms with Gasteiger partial charge in [-0.25, -0.2) is 9.82 Å². The Morgan fingerprint density at radius 2 is 2.28 bits per heavy atom. The van der Waals surface area contributed by atoms with Crippen molar-refractivity contribution in [2.75, 3.05) is 0 Å². The molecule has 1 amide bonds. The summed E-state index contributed by atoms with van der Waals surface area (Å²) in [6, 6.07) is 3.66. The molecule has 0 aliphatic heterocycles. The number of phenolic OH excluding ortho intramolecular Hbond substituents is 1. The van der Waals surface area contributed by atoms with Crippen LogP contribution in [0.25, 0.3) is 0 Å². The average molecular weight is 250 g/mol. The SMILES string of the molecule is CC/C(=N\NC(=O)C1CC1)c1cc(F)ccc1O. The van der Waals surface area contributed by atoms with Gasteiger partial charge in [-0.15, -0.1) is 0 Å². The van der Waals surface area contributed by atoms with Crippen LogP contribution in [-0.2, 0) is 4.79 Å². The van der Waals surface area contributed by atoms with Gasteiger partial charge in [0.1, 0.15) is 11.6 Å². The van der Waals surface area contributed by atoms with Gasteiger partial charge in [-0.05, 0) is 37.5 Å². The highest BCUT2D eigenvalue weighted by Gasteiger charge is 2.29. The first-order chi connectivity index (χ1) is 8.61. The van der Waals surface area contributed by atoms with E-state index in [2.05, 4.69) is 10.5 Å². The van der Waals surface area contributed by atoms with Crippen LogP contribution in [0.15, 0.2) is 23.3 Å². The summed E-state index contributed by atoms with van der Waals surface area (Å²) in [5.41, 5.74) is 3.23. The van der Waals surface area contributed by atoms with E-state index in [9.17, 15) is 14.3 Å². The lowest BCUT2D eigenvalue weighted by atomic mass is 10.1. The Morgan fingerprint density at radius 1 is 1.56 bits per heavy atom. The minimum Gasteiger partial charge on any atom is -0.507 e. The van der Waals surface area contributed by atoms with Gasteiger partial charge in [0.05, 0.1) is 5.71 Å². The van der Waals surface area contributed by atoms with Gasteiger partial charge in [0, 0.05) is 11.5 Å². The van der Waals surface area contributed by atoms with Gasteiger partial charge >= 0.3 is 0 Å². The van der Waals surface area contributed by atoms with Crippen LogP contribution in [0.4, 0.5) is 4.39 Å². The molecule has 1 aromatic rings. The van der Waals surface area contributed by atoms with E-state index in [1.54, 1.807) is 0 Å². The molecule has 2 N–H and O–H groups in total. The minimum absolute atomic E-state index is 0.0438. The van der Waals surface area contributed by atoms with Crippen LogP contribution in [0.1, 0.15) is 31.7 Å². The predicted octanol–water partition coefficient (Wildman–Crippen LogP) is 2.17. The van der Waals surface area contributed by atoms with E-state index in [-0.39, 0.29) is 17.6 Å². The lowest BCUT2D eigenvalue weighted by Gasteiger charge is -2.07. The lowest BCUT2D eigenvalue weighted by molar-refractivity contribution is -0.122. The normalized spacial score (nSPS) is 15.6. The van der Waals surface area contributed by atoms with Crippen LogP contribution >= 0.6 is 0 Å². The molecule has 2 rings (SSSR count). The standard InChI is InChI=1S/C13H15FN2O2/c1-2-11(15-16-13(18)8-3-4-8)10-7-9(14)5-6-12(10)17/h5-8,17H,2-4H2,1H3,(H,16,18)/b15-11+. The number of nitrogens with one attached hydrogen (secondary N) is 1. The van der Waals surface area contributed by atoms with E-state index < -0.39 is 5.82 Å². The molecule has 0 aromatic heterocycles. The summed E-state index contributed by atoms with van der Waals surface area (Å²) < 4.78 is 13.1.